The monoisotopic (exact) mass is 444 g/mol. The zero-order chi connectivity index (χ0) is 22.9. The number of piperidine rings is 1. The fourth-order valence-corrected chi connectivity index (χ4v) is 5.20. The summed E-state index contributed by atoms with van der Waals surface area (Å²) in [4.78, 5) is 21.2. The molecule has 1 amide bonds. The number of halogens is 1. The van der Waals surface area contributed by atoms with E-state index in [9.17, 15) is 9.18 Å². The predicted octanol–water partition coefficient (Wildman–Crippen LogP) is 5.22. The van der Waals surface area contributed by atoms with Crippen LogP contribution in [0.3, 0.4) is 0 Å². The average Bonchev–Trinajstić information content (AvgIpc) is 2.85. The van der Waals surface area contributed by atoms with Crippen LogP contribution in [0.15, 0.2) is 54.6 Å². The van der Waals surface area contributed by atoms with Crippen LogP contribution in [0.2, 0.25) is 0 Å². The molecule has 0 radical (unpaired) electrons. The summed E-state index contributed by atoms with van der Waals surface area (Å²) >= 11 is 0. The van der Waals surface area contributed by atoms with Crippen LogP contribution in [-0.2, 0) is 6.42 Å². The van der Waals surface area contributed by atoms with Crippen molar-refractivity contribution in [3.05, 3.63) is 77.2 Å². The molecule has 2 aliphatic rings. The smallest absolute Gasteiger partial charge is 0.258 e. The van der Waals surface area contributed by atoms with Crippen LogP contribution >= 0.6 is 0 Å². The second-order valence-electron chi connectivity index (χ2n) is 8.86. The lowest BCUT2D eigenvalue weighted by Crippen LogP contribution is -2.38. The van der Waals surface area contributed by atoms with Gasteiger partial charge in [-0.3, -0.25) is 9.69 Å². The molecule has 6 heteroatoms. The van der Waals surface area contributed by atoms with Gasteiger partial charge in [-0.25, -0.2) is 4.98 Å². The maximum atomic E-state index is 14.9. The number of pyridine rings is 1. The van der Waals surface area contributed by atoms with Gasteiger partial charge < -0.3 is 10.6 Å². The lowest BCUT2D eigenvalue weighted by molar-refractivity contribution is 0.0980. The average molecular weight is 445 g/mol. The first-order chi connectivity index (χ1) is 16.1. The van der Waals surface area contributed by atoms with Gasteiger partial charge in [0.05, 0.1) is 5.69 Å². The summed E-state index contributed by atoms with van der Waals surface area (Å²) < 4.78 is 14.9. The Bertz CT molecular complexity index is 1180. The van der Waals surface area contributed by atoms with Gasteiger partial charge in [-0.15, -0.1) is 0 Å². The molecule has 1 saturated heterocycles. The number of nitrogen functional groups attached to an aromatic ring is 1. The van der Waals surface area contributed by atoms with Crippen LogP contribution in [0.1, 0.15) is 53.7 Å². The minimum atomic E-state index is -0.623. The van der Waals surface area contributed by atoms with Gasteiger partial charge >= 0.3 is 0 Å². The number of aromatic nitrogens is 1. The summed E-state index contributed by atoms with van der Waals surface area (Å²) in [5.74, 6) is -0.724. The van der Waals surface area contributed by atoms with E-state index in [1.807, 2.05) is 36.4 Å². The van der Waals surface area contributed by atoms with Crippen molar-refractivity contribution in [1.29, 1.82) is 0 Å². The van der Waals surface area contributed by atoms with Crippen molar-refractivity contribution in [1.82, 2.24) is 9.88 Å². The second-order valence-corrected chi connectivity index (χ2v) is 8.86. The number of anilines is 2. The predicted molar refractivity (Wildman–Crippen MR) is 130 cm³/mol. The first-order valence-corrected chi connectivity index (χ1v) is 11.8. The van der Waals surface area contributed by atoms with Gasteiger partial charge in [0.1, 0.15) is 0 Å². The Balaban J connectivity index is 1.46. The molecule has 5 rings (SSSR count). The molecule has 0 spiro atoms. The summed E-state index contributed by atoms with van der Waals surface area (Å²) in [6, 6.07) is 17.7. The third-order valence-corrected chi connectivity index (χ3v) is 7.00. The van der Waals surface area contributed by atoms with Gasteiger partial charge in [-0.2, -0.15) is 4.39 Å². The number of hydrogen-bond acceptors (Lipinski definition) is 4. The standard InChI is InChI=1S/C27H29FN4O/c1-2-31-15-6-5-9-23(31)20-12-10-19(11-13-20)22-17-24(26(29)30-25(22)28)32-16-14-18-7-3-4-8-21(18)27(32)33/h3-4,7-8,10-13,17,23H,2,5-6,9,14-16H2,1H3,(H2,29,30). The summed E-state index contributed by atoms with van der Waals surface area (Å²) in [5, 5.41) is 0. The third-order valence-electron chi connectivity index (χ3n) is 7.00. The van der Waals surface area contributed by atoms with Crippen molar-refractivity contribution in [2.45, 2.75) is 38.6 Å². The van der Waals surface area contributed by atoms with E-state index in [1.165, 1.54) is 18.4 Å². The Morgan fingerprint density at radius 2 is 1.85 bits per heavy atom. The molecule has 2 aliphatic heterocycles. The highest BCUT2D eigenvalue weighted by Crippen LogP contribution is 2.35. The number of amides is 1. The quantitative estimate of drug-likeness (QED) is 0.561. The molecule has 1 unspecified atom stereocenters. The normalized spacial score (nSPS) is 18.9. The van der Waals surface area contributed by atoms with Crippen LogP contribution in [0.5, 0.6) is 0 Å². The van der Waals surface area contributed by atoms with E-state index in [4.69, 9.17) is 5.73 Å². The molecule has 1 aromatic heterocycles. The molecule has 1 fully saturated rings. The topological polar surface area (TPSA) is 62.5 Å². The van der Waals surface area contributed by atoms with E-state index in [1.54, 1.807) is 11.0 Å². The molecular weight excluding hydrogens is 415 g/mol. The van der Waals surface area contributed by atoms with Gasteiger partial charge in [-0.1, -0.05) is 55.8 Å². The molecular formula is C27H29FN4O. The van der Waals surface area contributed by atoms with Gasteiger partial charge in [0.15, 0.2) is 5.82 Å². The Hall–Kier alpha value is -3.25. The zero-order valence-corrected chi connectivity index (χ0v) is 18.9. The minimum absolute atomic E-state index is 0.0291. The molecule has 0 saturated carbocycles. The lowest BCUT2D eigenvalue weighted by atomic mass is 9.93. The SMILES string of the molecule is CCN1CCCCC1c1ccc(-c2cc(N3CCc4ccccc4C3=O)c(N)nc2F)cc1. The van der Waals surface area contributed by atoms with E-state index in [-0.39, 0.29) is 11.7 Å². The zero-order valence-electron chi connectivity index (χ0n) is 18.9. The van der Waals surface area contributed by atoms with Crippen LogP contribution < -0.4 is 10.6 Å². The molecule has 33 heavy (non-hydrogen) atoms. The number of fused-ring (bicyclic) bond motifs is 1. The largest absolute Gasteiger partial charge is 0.382 e. The van der Waals surface area contributed by atoms with Crippen molar-refractivity contribution in [3.63, 3.8) is 0 Å². The number of rotatable bonds is 4. The fourth-order valence-electron chi connectivity index (χ4n) is 5.20. The van der Waals surface area contributed by atoms with Crippen molar-refractivity contribution < 1.29 is 9.18 Å². The second kappa shape index (κ2) is 8.94. The van der Waals surface area contributed by atoms with E-state index in [2.05, 4.69) is 28.9 Å². The Morgan fingerprint density at radius 1 is 1.06 bits per heavy atom. The van der Waals surface area contributed by atoms with Crippen molar-refractivity contribution in [3.8, 4) is 11.1 Å². The summed E-state index contributed by atoms with van der Waals surface area (Å²) in [5.41, 5.74) is 10.6. The molecule has 2 aromatic carbocycles. The Labute approximate surface area is 194 Å². The van der Waals surface area contributed by atoms with Crippen LogP contribution in [0.25, 0.3) is 11.1 Å². The maximum absolute atomic E-state index is 14.9. The number of carbonyl (C=O) groups is 1. The van der Waals surface area contributed by atoms with Gasteiger partial charge in [-0.05, 0) is 61.2 Å². The van der Waals surface area contributed by atoms with Gasteiger partial charge in [0, 0.05) is 23.7 Å². The summed E-state index contributed by atoms with van der Waals surface area (Å²) in [7, 11) is 0. The highest BCUT2D eigenvalue weighted by Gasteiger charge is 2.28. The van der Waals surface area contributed by atoms with Crippen LogP contribution in [0.4, 0.5) is 15.9 Å². The van der Waals surface area contributed by atoms with E-state index >= 15 is 0 Å². The number of carbonyl (C=O) groups excluding carboxylic acids is 1. The van der Waals surface area contributed by atoms with E-state index in [0.29, 0.717) is 29.4 Å². The van der Waals surface area contributed by atoms with Gasteiger partial charge in [0.25, 0.3) is 5.91 Å². The highest BCUT2D eigenvalue weighted by atomic mass is 19.1. The molecule has 3 heterocycles. The summed E-state index contributed by atoms with van der Waals surface area (Å²) in [6.07, 6.45) is 4.34. The first-order valence-electron chi connectivity index (χ1n) is 11.8. The Morgan fingerprint density at radius 3 is 2.64 bits per heavy atom. The van der Waals surface area contributed by atoms with E-state index in [0.717, 1.165) is 37.1 Å². The van der Waals surface area contributed by atoms with Crippen LogP contribution in [0, 0.1) is 5.95 Å². The van der Waals surface area contributed by atoms with Crippen molar-refractivity contribution in [2.75, 3.05) is 30.3 Å². The van der Waals surface area contributed by atoms with Crippen molar-refractivity contribution in [2.24, 2.45) is 0 Å². The number of likely N-dealkylation sites (tertiary alicyclic amines) is 1. The third kappa shape index (κ3) is 4.00. The first kappa shape index (κ1) is 21.6. The highest BCUT2D eigenvalue weighted by molar-refractivity contribution is 6.09. The molecule has 2 N–H and O–H groups in total. The molecule has 3 aromatic rings. The number of nitrogens with zero attached hydrogens (tertiary/aromatic N) is 3. The van der Waals surface area contributed by atoms with Crippen molar-refractivity contribution >= 4 is 17.4 Å². The fraction of sp³-hybridized carbons (Fsp3) is 0.333. The molecule has 1 atom stereocenters. The molecule has 0 aliphatic carbocycles. The minimum Gasteiger partial charge on any atom is -0.382 e. The number of benzene rings is 2. The van der Waals surface area contributed by atoms with Gasteiger partial charge in [0.2, 0.25) is 5.95 Å². The number of hydrogen-bond donors (Lipinski definition) is 1. The van der Waals surface area contributed by atoms with E-state index < -0.39 is 5.95 Å². The molecule has 170 valence electrons. The maximum Gasteiger partial charge on any atom is 0.258 e. The summed E-state index contributed by atoms with van der Waals surface area (Å²) in [6.45, 7) is 4.83. The lowest BCUT2D eigenvalue weighted by Gasteiger charge is -2.35. The Kier molecular flexibility index (Phi) is 5.85. The molecule has 0 bridgehead atoms. The number of nitrogens with two attached hydrogens (primary N) is 1. The molecule has 5 nitrogen and oxygen atoms in total. The van der Waals surface area contributed by atoms with Crippen LogP contribution in [-0.4, -0.2) is 35.4 Å².